The van der Waals surface area contributed by atoms with Crippen molar-refractivity contribution >= 4 is 10.8 Å². The Kier molecular flexibility index (Phi) is 3.07. The highest BCUT2D eigenvalue weighted by Gasteiger charge is 2.34. The van der Waals surface area contributed by atoms with Crippen LogP contribution in [0.4, 0.5) is 0 Å². The fraction of sp³-hybridized carbons (Fsp3) is 0.600. The van der Waals surface area contributed by atoms with E-state index in [9.17, 15) is 4.21 Å². The Bertz CT molecular complexity index is 507. The van der Waals surface area contributed by atoms with E-state index in [1.807, 2.05) is 0 Å². The van der Waals surface area contributed by atoms with Crippen LogP contribution in [0, 0.1) is 13.8 Å². The van der Waals surface area contributed by atoms with Crippen LogP contribution in [0.15, 0.2) is 17.0 Å². The van der Waals surface area contributed by atoms with Crippen LogP contribution in [-0.4, -0.2) is 15.5 Å². The van der Waals surface area contributed by atoms with Crippen LogP contribution in [0.1, 0.15) is 48.9 Å². The molecule has 1 aliphatic heterocycles. The third-order valence-corrected chi connectivity index (χ3v) is 5.86. The van der Waals surface area contributed by atoms with Crippen LogP contribution in [0.25, 0.3) is 0 Å². The second-order valence-corrected chi connectivity index (χ2v) is 7.65. The van der Waals surface area contributed by atoms with Gasteiger partial charge in [-0.15, -0.1) is 0 Å². The van der Waals surface area contributed by atoms with Crippen molar-refractivity contribution in [2.24, 2.45) is 0 Å². The Hall–Kier alpha value is -0.670. The molecule has 1 aliphatic carbocycles. The highest BCUT2D eigenvalue weighted by molar-refractivity contribution is 7.85. The van der Waals surface area contributed by atoms with Crippen molar-refractivity contribution in [3.8, 4) is 0 Å². The number of aryl methyl sites for hydroxylation is 2. The molecule has 2 nitrogen and oxygen atoms in total. The molecule has 1 aromatic carbocycles. The van der Waals surface area contributed by atoms with E-state index in [1.54, 1.807) is 0 Å². The molecule has 1 fully saturated rings. The second kappa shape index (κ2) is 4.46. The number of rotatable bonds is 2. The summed E-state index contributed by atoms with van der Waals surface area (Å²) < 4.78 is 12.5. The first-order valence-electron chi connectivity index (χ1n) is 6.84. The highest BCUT2D eigenvalue weighted by atomic mass is 32.2. The molecule has 1 saturated carbocycles. The van der Waals surface area contributed by atoms with Gasteiger partial charge in [0.1, 0.15) is 0 Å². The summed E-state index contributed by atoms with van der Waals surface area (Å²) in [5, 5.41) is 3.98. The molecule has 3 atom stereocenters. The van der Waals surface area contributed by atoms with Crippen LogP contribution >= 0.6 is 0 Å². The number of benzene rings is 1. The quantitative estimate of drug-likeness (QED) is 0.888. The van der Waals surface area contributed by atoms with Crippen molar-refractivity contribution in [3.05, 3.63) is 28.8 Å². The van der Waals surface area contributed by atoms with Gasteiger partial charge in [0.05, 0.1) is 10.8 Å². The predicted molar refractivity (Wildman–Crippen MR) is 75.3 cm³/mol. The lowest BCUT2D eigenvalue weighted by Crippen LogP contribution is -2.33. The summed E-state index contributed by atoms with van der Waals surface area (Å²) in [7, 11) is -0.835. The van der Waals surface area contributed by atoms with Crippen molar-refractivity contribution < 1.29 is 4.21 Å². The van der Waals surface area contributed by atoms with Gasteiger partial charge in [0.2, 0.25) is 0 Å². The van der Waals surface area contributed by atoms with Crippen LogP contribution in [0.2, 0.25) is 0 Å². The molecule has 0 aromatic heterocycles. The molecule has 0 bridgehead atoms. The molecule has 18 heavy (non-hydrogen) atoms. The summed E-state index contributed by atoms with van der Waals surface area (Å²) in [6, 6.07) is 5.48. The van der Waals surface area contributed by atoms with E-state index in [2.05, 4.69) is 38.2 Å². The number of fused-ring (bicyclic) bond motifs is 1. The number of nitrogens with one attached hydrogen (secondary N) is 1. The van der Waals surface area contributed by atoms with Gasteiger partial charge in [0, 0.05) is 22.2 Å². The van der Waals surface area contributed by atoms with E-state index < -0.39 is 10.8 Å². The minimum atomic E-state index is -0.835. The molecule has 0 radical (unpaired) electrons. The van der Waals surface area contributed by atoms with Crippen LogP contribution < -0.4 is 5.32 Å². The van der Waals surface area contributed by atoms with Gasteiger partial charge < -0.3 is 5.32 Å². The van der Waals surface area contributed by atoms with Gasteiger partial charge in [-0.05, 0) is 44.2 Å². The zero-order valence-corrected chi connectivity index (χ0v) is 12.1. The first-order chi connectivity index (χ1) is 8.56. The number of hydrogen-bond donors (Lipinski definition) is 1. The van der Waals surface area contributed by atoms with E-state index in [0.717, 1.165) is 11.3 Å². The molecule has 0 saturated heterocycles. The standard InChI is InChI=1S/C15H21NOS/c1-9-6-10(2)15-13(7-9)14(16-12-4-5-12)8-11(3)18(15)17/h6-7,11-12,14,16H,4-5,8H2,1-3H3. The van der Waals surface area contributed by atoms with Gasteiger partial charge in [-0.2, -0.15) is 0 Å². The minimum absolute atomic E-state index is 0.259. The largest absolute Gasteiger partial charge is 0.307 e. The summed E-state index contributed by atoms with van der Waals surface area (Å²) in [4.78, 5) is 1.09. The maximum absolute atomic E-state index is 12.5. The summed E-state index contributed by atoms with van der Waals surface area (Å²) >= 11 is 0. The monoisotopic (exact) mass is 263 g/mol. The molecule has 3 rings (SSSR count). The van der Waals surface area contributed by atoms with Gasteiger partial charge in [-0.1, -0.05) is 24.6 Å². The van der Waals surface area contributed by atoms with Crippen molar-refractivity contribution in [2.45, 2.75) is 62.3 Å². The van der Waals surface area contributed by atoms with Gasteiger partial charge >= 0.3 is 0 Å². The zero-order valence-electron chi connectivity index (χ0n) is 11.3. The normalized spacial score (nSPS) is 31.2. The Morgan fingerprint density at radius 3 is 2.67 bits per heavy atom. The third-order valence-electron chi connectivity index (χ3n) is 3.97. The Labute approximate surface area is 112 Å². The van der Waals surface area contributed by atoms with Gasteiger partial charge in [-0.3, -0.25) is 4.21 Å². The molecular formula is C15H21NOS. The lowest BCUT2D eigenvalue weighted by molar-refractivity contribution is 0.474. The Morgan fingerprint density at radius 2 is 2.00 bits per heavy atom. The van der Waals surface area contributed by atoms with E-state index >= 15 is 0 Å². The van der Waals surface area contributed by atoms with E-state index in [4.69, 9.17) is 0 Å². The maximum atomic E-state index is 12.5. The lowest BCUT2D eigenvalue weighted by Gasteiger charge is -2.31. The average Bonchev–Trinajstić information content (AvgIpc) is 3.08. The van der Waals surface area contributed by atoms with E-state index in [1.165, 1.54) is 29.5 Å². The fourth-order valence-corrected chi connectivity index (χ4v) is 4.54. The first kappa shape index (κ1) is 12.4. The fourth-order valence-electron chi connectivity index (χ4n) is 2.96. The third kappa shape index (κ3) is 2.14. The van der Waals surface area contributed by atoms with Gasteiger partial charge in [0.15, 0.2) is 0 Å². The summed E-state index contributed by atoms with van der Waals surface area (Å²) in [5.74, 6) is 0. The molecular weight excluding hydrogens is 242 g/mol. The van der Waals surface area contributed by atoms with Crippen LogP contribution in [0.5, 0.6) is 0 Å². The molecule has 1 heterocycles. The molecule has 2 aliphatic rings. The highest BCUT2D eigenvalue weighted by Crippen LogP contribution is 2.38. The van der Waals surface area contributed by atoms with Crippen LogP contribution in [0.3, 0.4) is 0 Å². The topological polar surface area (TPSA) is 29.1 Å². The van der Waals surface area contributed by atoms with Crippen molar-refractivity contribution in [1.82, 2.24) is 5.32 Å². The molecule has 98 valence electrons. The van der Waals surface area contributed by atoms with Crippen molar-refractivity contribution in [1.29, 1.82) is 0 Å². The predicted octanol–water partition coefficient (Wildman–Crippen LogP) is 3.00. The smallest absolute Gasteiger partial charge is 0.0564 e. The molecule has 0 spiro atoms. The molecule has 0 amide bonds. The molecule has 3 heteroatoms. The maximum Gasteiger partial charge on any atom is 0.0564 e. The zero-order chi connectivity index (χ0) is 12.9. The Morgan fingerprint density at radius 1 is 1.28 bits per heavy atom. The second-order valence-electron chi connectivity index (χ2n) is 5.84. The molecule has 1 N–H and O–H groups in total. The van der Waals surface area contributed by atoms with E-state index in [0.29, 0.717) is 12.1 Å². The summed E-state index contributed by atoms with van der Waals surface area (Å²) in [5.41, 5.74) is 3.76. The number of hydrogen-bond acceptors (Lipinski definition) is 2. The van der Waals surface area contributed by atoms with Crippen molar-refractivity contribution in [3.63, 3.8) is 0 Å². The summed E-state index contributed by atoms with van der Waals surface area (Å²) in [6.45, 7) is 6.33. The van der Waals surface area contributed by atoms with E-state index in [-0.39, 0.29) is 5.25 Å². The molecule has 3 unspecified atom stereocenters. The molecule has 1 aromatic rings. The van der Waals surface area contributed by atoms with Gasteiger partial charge in [0.25, 0.3) is 0 Å². The average molecular weight is 263 g/mol. The SMILES string of the molecule is Cc1cc(C)c2c(c1)C(NC1CC1)CC(C)S2=O. The summed E-state index contributed by atoms with van der Waals surface area (Å²) in [6.07, 6.45) is 3.60. The first-order valence-corrected chi connectivity index (χ1v) is 8.05. The Balaban J connectivity index is 2.06. The van der Waals surface area contributed by atoms with Crippen molar-refractivity contribution in [2.75, 3.05) is 0 Å². The minimum Gasteiger partial charge on any atom is -0.307 e. The lowest BCUT2D eigenvalue weighted by atomic mass is 9.97. The van der Waals surface area contributed by atoms with Crippen LogP contribution in [-0.2, 0) is 10.8 Å². The van der Waals surface area contributed by atoms with Gasteiger partial charge in [-0.25, -0.2) is 0 Å².